The molecule has 184 valence electrons. The molecule has 2 aromatic carbocycles. The third-order valence-corrected chi connectivity index (χ3v) is 7.60. The number of aromatic amines is 1. The SMILES string of the molecule is CC(C)CNCCCN1C(=O)N2[C@H](c3cccc(O)c3)c3[nH]c4ccc(Br)cc4c3C[C@@]2(C)C1=O. The summed E-state index contributed by atoms with van der Waals surface area (Å²) in [6.45, 7) is 8.21. The van der Waals surface area contributed by atoms with Gasteiger partial charge in [0.15, 0.2) is 0 Å². The maximum atomic E-state index is 13.8. The van der Waals surface area contributed by atoms with Gasteiger partial charge in [-0.2, -0.15) is 0 Å². The molecule has 2 aliphatic heterocycles. The minimum atomic E-state index is -1.01. The molecule has 0 radical (unpaired) electrons. The summed E-state index contributed by atoms with van der Waals surface area (Å²) in [5.41, 5.74) is 2.64. The van der Waals surface area contributed by atoms with E-state index in [9.17, 15) is 14.7 Å². The van der Waals surface area contributed by atoms with Crippen molar-refractivity contribution >= 4 is 38.8 Å². The van der Waals surface area contributed by atoms with Gasteiger partial charge in [-0.1, -0.05) is 41.9 Å². The van der Waals surface area contributed by atoms with Crippen LogP contribution in [0.25, 0.3) is 10.9 Å². The quantitative estimate of drug-likeness (QED) is 0.293. The molecular weight excluding hydrogens is 508 g/mol. The number of nitrogens with zero attached hydrogens (tertiary/aromatic N) is 2. The minimum absolute atomic E-state index is 0.126. The first-order valence-corrected chi connectivity index (χ1v) is 12.9. The number of aromatic nitrogens is 1. The van der Waals surface area contributed by atoms with Crippen molar-refractivity contribution in [3.8, 4) is 5.75 Å². The molecule has 0 unspecified atom stereocenters. The van der Waals surface area contributed by atoms with Crippen LogP contribution in [0.1, 0.15) is 50.1 Å². The first kappa shape index (κ1) is 23.9. The minimum Gasteiger partial charge on any atom is -0.508 e. The lowest BCUT2D eigenvalue weighted by molar-refractivity contribution is -0.133. The summed E-state index contributed by atoms with van der Waals surface area (Å²) in [4.78, 5) is 34.3. The molecule has 7 nitrogen and oxygen atoms in total. The molecule has 0 spiro atoms. The molecule has 0 saturated carbocycles. The zero-order valence-corrected chi connectivity index (χ0v) is 21.9. The van der Waals surface area contributed by atoms with Crippen molar-refractivity contribution in [3.63, 3.8) is 0 Å². The molecule has 5 rings (SSSR count). The van der Waals surface area contributed by atoms with Crippen LogP contribution in [0.2, 0.25) is 0 Å². The van der Waals surface area contributed by atoms with E-state index in [4.69, 9.17) is 0 Å². The largest absolute Gasteiger partial charge is 0.508 e. The first-order valence-electron chi connectivity index (χ1n) is 12.2. The molecule has 3 amide bonds. The summed E-state index contributed by atoms with van der Waals surface area (Å²) in [5, 5.41) is 14.7. The highest BCUT2D eigenvalue weighted by Crippen LogP contribution is 2.49. The summed E-state index contributed by atoms with van der Waals surface area (Å²) in [6, 6.07) is 12.2. The molecule has 1 fully saturated rings. The number of halogens is 1. The number of hydrogen-bond acceptors (Lipinski definition) is 4. The van der Waals surface area contributed by atoms with E-state index in [-0.39, 0.29) is 17.7 Å². The average molecular weight is 539 g/mol. The number of rotatable bonds is 7. The summed E-state index contributed by atoms with van der Waals surface area (Å²) in [7, 11) is 0. The van der Waals surface area contributed by atoms with Gasteiger partial charge in [0.05, 0.1) is 0 Å². The van der Waals surface area contributed by atoms with Gasteiger partial charge in [-0.05, 0) is 73.8 Å². The van der Waals surface area contributed by atoms with Gasteiger partial charge in [0.25, 0.3) is 5.91 Å². The smallest absolute Gasteiger partial charge is 0.328 e. The Labute approximate surface area is 213 Å². The number of phenols is 1. The van der Waals surface area contributed by atoms with Gasteiger partial charge in [-0.3, -0.25) is 14.6 Å². The summed E-state index contributed by atoms with van der Waals surface area (Å²) in [5.74, 6) is 0.512. The number of hydrogen-bond donors (Lipinski definition) is 3. The molecule has 1 aromatic heterocycles. The van der Waals surface area contributed by atoms with E-state index in [1.165, 1.54) is 4.90 Å². The fourth-order valence-corrected chi connectivity index (χ4v) is 5.84. The standard InChI is InChI=1S/C27H31BrN4O3/c1-16(2)15-29-10-5-11-31-25(34)27(3)14-21-20-13-18(28)8-9-22(20)30-23(21)24(32(27)26(31)35)17-6-4-7-19(33)12-17/h4,6-9,12-13,16,24,29-30,33H,5,10-11,14-15H2,1-3H3/t24-,27+/m1/s1. The van der Waals surface area contributed by atoms with Gasteiger partial charge in [-0.25, -0.2) is 4.79 Å². The van der Waals surface area contributed by atoms with Crippen molar-refractivity contribution in [2.24, 2.45) is 5.92 Å². The number of carbonyl (C=O) groups excluding carboxylic acids is 2. The second kappa shape index (κ2) is 8.99. The van der Waals surface area contributed by atoms with E-state index >= 15 is 0 Å². The lowest BCUT2D eigenvalue weighted by Crippen LogP contribution is -2.53. The maximum Gasteiger partial charge on any atom is 0.328 e. The molecule has 35 heavy (non-hydrogen) atoms. The number of imide groups is 1. The van der Waals surface area contributed by atoms with Gasteiger partial charge >= 0.3 is 6.03 Å². The van der Waals surface area contributed by atoms with Gasteiger partial charge in [0.2, 0.25) is 0 Å². The van der Waals surface area contributed by atoms with Crippen LogP contribution in [0, 0.1) is 5.92 Å². The highest BCUT2D eigenvalue weighted by molar-refractivity contribution is 9.10. The van der Waals surface area contributed by atoms with Gasteiger partial charge in [0, 0.05) is 34.0 Å². The van der Waals surface area contributed by atoms with E-state index in [1.807, 2.05) is 25.1 Å². The Hall–Kier alpha value is -2.84. The van der Waals surface area contributed by atoms with Crippen molar-refractivity contribution in [2.75, 3.05) is 19.6 Å². The van der Waals surface area contributed by atoms with E-state index in [0.29, 0.717) is 25.3 Å². The topological polar surface area (TPSA) is 88.7 Å². The Balaban J connectivity index is 1.56. The summed E-state index contributed by atoms with van der Waals surface area (Å²) >= 11 is 3.57. The zero-order chi connectivity index (χ0) is 24.9. The van der Waals surface area contributed by atoms with E-state index < -0.39 is 11.6 Å². The third kappa shape index (κ3) is 4.02. The number of nitrogens with one attached hydrogen (secondary N) is 2. The van der Waals surface area contributed by atoms with Crippen LogP contribution in [0.15, 0.2) is 46.9 Å². The van der Waals surface area contributed by atoms with E-state index in [1.54, 1.807) is 23.1 Å². The summed E-state index contributed by atoms with van der Waals surface area (Å²) in [6.07, 6.45) is 1.13. The van der Waals surface area contributed by atoms with E-state index in [0.717, 1.165) is 45.3 Å². The number of urea groups is 1. The Morgan fingerprint density at radius 2 is 2.03 bits per heavy atom. The number of fused-ring (bicyclic) bond motifs is 4. The fraction of sp³-hybridized carbons (Fsp3) is 0.407. The Kier molecular flexibility index (Phi) is 6.13. The van der Waals surface area contributed by atoms with Crippen LogP contribution in [0.4, 0.5) is 4.79 Å². The highest BCUT2D eigenvalue weighted by Gasteiger charge is 2.60. The Morgan fingerprint density at radius 3 is 2.77 bits per heavy atom. The molecular formula is C27H31BrN4O3. The van der Waals surface area contributed by atoms with Crippen LogP contribution in [0.3, 0.4) is 0 Å². The molecule has 3 heterocycles. The number of phenolic OH excluding ortho intramolecular Hbond substituents is 1. The van der Waals surface area contributed by atoms with Crippen LogP contribution < -0.4 is 5.32 Å². The van der Waals surface area contributed by atoms with Crippen molar-refractivity contribution in [2.45, 2.75) is 45.2 Å². The second-order valence-corrected chi connectivity index (χ2v) is 11.1. The van der Waals surface area contributed by atoms with Gasteiger partial charge in [0.1, 0.15) is 17.3 Å². The lowest BCUT2D eigenvalue weighted by Gasteiger charge is -2.42. The molecule has 2 aliphatic rings. The van der Waals surface area contributed by atoms with Crippen LogP contribution in [0.5, 0.6) is 5.75 Å². The van der Waals surface area contributed by atoms with Gasteiger partial charge in [-0.15, -0.1) is 0 Å². The van der Waals surface area contributed by atoms with E-state index in [2.05, 4.69) is 46.1 Å². The van der Waals surface area contributed by atoms with Crippen LogP contribution >= 0.6 is 15.9 Å². The van der Waals surface area contributed by atoms with Crippen LogP contribution in [-0.2, 0) is 11.2 Å². The lowest BCUT2D eigenvalue weighted by atomic mass is 9.81. The number of benzene rings is 2. The first-order chi connectivity index (χ1) is 16.7. The predicted molar refractivity (Wildman–Crippen MR) is 139 cm³/mol. The molecule has 2 atom stereocenters. The Bertz CT molecular complexity index is 1300. The highest BCUT2D eigenvalue weighted by atomic mass is 79.9. The number of carbonyl (C=O) groups is 2. The van der Waals surface area contributed by atoms with Crippen molar-refractivity contribution in [3.05, 3.63) is 63.8 Å². The van der Waals surface area contributed by atoms with Crippen LogP contribution in [-0.4, -0.2) is 57.0 Å². The Morgan fingerprint density at radius 1 is 1.23 bits per heavy atom. The fourth-order valence-electron chi connectivity index (χ4n) is 5.48. The third-order valence-electron chi connectivity index (χ3n) is 7.10. The molecule has 0 aliphatic carbocycles. The molecule has 8 heteroatoms. The maximum absolute atomic E-state index is 13.8. The average Bonchev–Trinajstić information content (AvgIpc) is 3.24. The molecule has 0 bridgehead atoms. The normalized spacial score (nSPS) is 21.8. The van der Waals surface area contributed by atoms with Crippen molar-refractivity contribution < 1.29 is 14.7 Å². The van der Waals surface area contributed by atoms with Crippen molar-refractivity contribution in [1.29, 1.82) is 0 Å². The summed E-state index contributed by atoms with van der Waals surface area (Å²) < 4.78 is 0.956. The number of H-pyrrole nitrogens is 1. The molecule has 3 aromatic rings. The number of amides is 3. The monoisotopic (exact) mass is 538 g/mol. The molecule has 1 saturated heterocycles. The predicted octanol–water partition coefficient (Wildman–Crippen LogP) is 4.94. The number of aromatic hydroxyl groups is 1. The molecule has 3 N–H and O–H groups in total. The van der Waals surface area contributed by atoms with Gasteiger partial charge < -0.3 is 15.4 Å². The second-order valence-electron chi connectivity index (χ2n) is 10.2. The van der Waals surface area contributed by atoms with Crippen molar-refractivity contribution in [1.82, 2.24) is 20.1 Å². The zero-order valence-electron chi connectivity index (χ0n) is 20.3.